The van der Waals surface area contributed by atoms with Gasteiger partial charge in [-0.1, -0.05) is 12.1 Å². The van der Waals surface area contributed by atoms with Crippen molar-refractivity contribution in [1.29, 1.82) is 0 Å². The van der Waals surface area contributed by atoms with Crippen LogP contribution < -0.4 is 4.74 Å². The Morgan fingerprint density at radius 1 is 1.19 bits per heavy atom. The number of aromatic nitrogens is 1. The van der Waals surface area contributed by atoms with Crippen LogP contribution in [0.3, 0.4) is 0 Å². The first-order valence-corrected chi connectivity index (χ1v) is 10.3. The van der Waals surface area contributed by atoms with Crippen LogP contribution in [0.15, 0.2) is 59.1 Å². The molecule has 2 heterocycles. The van der Waals surface area contributed by atoms with Gasteiger partial charge in [0, 0.05) is 13.0 Å². The number of carbonyl (C=O) groups excluding carboxylic acids is 1. The van der Waals surface area contributed by atoms with Gasteiger partial charge in [0.05, 0.1) is 6.20 Å². The van der Waals surface area contributed by atoms with Crippen molar-refractivity contribution in [2.45, 2.75) is 44.8 Å². The highest BCUT2D eigenvalue weighted by Gasteiger charge is 2.41. The van der Waals surface area contributed by atoms with Gasteiger partial charge < -0.3 is 14.1 Å². The van der Waals surface area contributed by atoms with Crippen LogP contribution in [-0.2, 0) is 11.2 Å². The number of likely N-dealkylation sites (tertiary alicyclic amines) is 1. The molecule has 2 aromatic carbocycles. The lowest BCUT2D eigenvalue weighted by Gasteiger charge is -2.32. The van der Waals surface area contributed by atoms with Gasteiger partial charge in [0.1, 0.15) is 29.2 Å². The van der Waals surface area contributed by atoms with Crippen LogP contribution in [0.4, 0.5) is 8.78 Å². The van der Waals surface area contributed by atoms with E-state index in [0.29, 0.717) is 30.4 Å². The van der Waals surface area contributed by atoms with Gasteiger partial charge in [0.15, 0.2) is 5.60 Å². The molecule has 0 spiro atoms. The van der Waals surface area contributed by atoms with Crippen LogP contribution in [0, 0.1) is 11.6 Å². The second-order valence-electron chi connectivity index (χ2n) is 8.19. The molecule has 0 bridgehead atoms. The predicted molar refractivity (Wildman–Crippen MR) is 111 cm³/mol. The first-order chi connectivity index (χ1) is 14.8. The van der Waals surface area contributed by atoms with Crippen molar-refractivity contribution in [3.05, 3.63) is 83.6 Å². The van der Waals surface area contributed by atoms with Gasteiger partial charge in [-0.2, -0.15) is 0 Å². The van der Waals surface area contributed by atoms with E-state index in [4.69, 9.17) is 9.15 Å². The normalized spacial score (nSPS) is 16.5. The molecular formula is C24H24F2N2O3. The third-order valence-electron chi connectivity index (χ3n) is 5.34. The van der Waals surface area contributed by atoms with Crippen LogP contribution in [-0.4, -0.2) is 27.9 Å². The number of hydrogen-bond donors (Lipinski definition) is 0. The van der Waals surface area contributed by atoms with Crippen LogP contribution in [0.25, 0.3) is 0 Å². The Bertz CT molecular complexity index is 1060. The molecule has 1 amide bonds. The number of carbonyl (C=O) groups is 1. The summed E-state index contributed by atoms with van der Waals surface area (Å²) < 4.78 is 38.4. The summed E-state index contributed by atoms with van der Waals surface area (Å²) >= 11 is 0. The number of ether oxygens (including phenoxy) is 1. The lowest BCUT2D eigenvalue weighted by Crippen LogP contribution is -2.48. The van der Waals surface area contributed by atoms with Gasteiger partial charge in [0.2, 0.25) is 5.89 Å². The molecule has 0 aliphatic carbocycles. The number of halogens is 2. The third-order valence-corrected chi connectivity index (χ3v) is 5.34. The molecule has 7 heteroatoms. The van der Waals surface area contributed by atoms with Gasteiger partial charge in [0.25, 0.3) is 5.91 Å². The van der Waals surface area contributed by atoms with E-state index in [2.05, 4.69) is 4.98 Å². The van der Waals surface area contributed by atoms with Gasteiger partial charge in [-0.05, 0) is 68.7 Å². The monoisotopic (exact) mass is 426 g/mol. The second-order valence-corrected chi connectivity index (χ2v) is 8.19. The maximum atomic E-state index is 13.4. The van der Waals surface area contributed by atoms with Crippen LogP contribution in [0.2, 0.25) is 0 Å². The molecule has 31 heavy (non-hydrogen) atoms. The first-order valence-electron chi connectivity index (χ1n) is 10.3. The summed E-state index contributed by atoms with van der Waals surface area (Å²) in [5.74, 6) is 0.645. The van der Waals surface area contributed by atoms with Gasteiger partial charge in [-0.25, -0.2) is 13.8 Å². The van der Waals surface area contributed by atoms with Crippen molar-refractivity contribution in [3.63, 3.8) is 0 Å². The van der Waals surface area contributed by atoms with Crippen molar-refractivity contribution < 1.29 is 22.7 Å². The summed E-state index contributed by atoms with van der Waals surface area (Å²) in [6, 6.07) is 11.6. The number of rotatable bonds is 6. The molecule has 5 nitrogen and oxygen atoms in total. The minimum Gasteiger partial charge on any atom is -0.478 e. The highest BCUT2D eigenvalue weighted by Crippen LogP contribution is 2.34. The Balaban J connectivity index is 1.47. The number of oxazole rings is 1. The molecule has 1 aliphatic rings. The lowest BCUT2D eigenvalue weighted by atomic mass is 10.1. The number of nitrogens with zero attached hydrogens (tertiary/aromatic N) is 2. The SMILES string of the molecule is CC(C)(Oc1ccc(F)cc1)C(=O)N1CCC[C@@H]1c1ncc(Cc2cccc(F)c2)o1. The maximum absolute atomic E-state index is 13.4. The molecular weight excluding hydrogens is 402 g/mol. The van der Waals surface area contributed by atoms with Gasteiger partial charge >= 0.3 is 0 Å². The molecule has 1 atom stereocenters. The fourth-order valence-electron chi connectivity index (χ4n) is 3.86. The average molecular weight is 426 g/mol. The van der Waals surface area contributed by atoms with E-state index in [1.807, 2.05) is 6.07 Å². The van der Waals surface area contributed by atoms with Crippen molar-refractivity contribution in [1.82, 2.24) is 9.88 Å². The Morgan fingerprint density at radius 3 is 2.71 bits per heavy atom. The molecule has 1 saturated heterocycles. The zero-order valence-corrected chi connectivity index (χ0v) is 17.5. The molecule has 0 unspecified atom stereocenters. The topological polar surface area (TPSA) is 55.6 Å². The van der Waals surface area contributed by atoms with E-state index in [-0.39, 0.29) is 23.6 Å². The highest BCUT2D eigenvalue weighted by molar-refractivity contribution is 5.85. The van der Waals surface area contributed by atoms with E-state index in [1.165, 1.54) is 36.4 Å². The Kier molecular flexibility index (Phi) is 5.76. The van der Waals surface area contributed by atoms with Crippen molar-refractivity contribution >= 4 is 5.91 Å². The predicted octanol–water partition coefficient (Wildman–Crippen LogP) is 5.06. The highest BCUT2D eigenvalue weighted by atomic mass is 19.1. The quantitative estimate of drug-likeness (QED) is 0.553. The molecule has 4 rings (SSSR count). The van der Waals surface area contributed by atoms with E-state index < -0.39 is 5.60 Å². The Hall–Kier alpha value is -3.22. The number of benzene rings is 2. The minimum absolute atomic E-state index is 0.191. The van der Waals surface area contributed by atoms with E-state index in [0.717, 1.165) is 18.4 Å². The molecule has 1 aliphatic heterocycles. The molecule has 0 saturated carbocycles. The standard InChI is InChI=1S/C24H24F2N2O3/c1-24(2,31-19-10-8-17(25)9-11-19)23(29)28-12-4-7-21(28)22-27-15-20(30-22)14-16-5-3-6-18(26)13-16/h3,5-6,8-11,13,15,21H,4,7,12,14H2,1-2H3/t21-/m1/s1. The van der Waals surface area contributed by atoms with Gasteiger partial charge in [-0.3, -0.25) is 4.79 Å². The van der Waals surface area contributed by atoms with Crippen LogP contribution >= 0.6 is 0 Å². The summed E-state index contributed by atoms with van der Waals surface area (Å²) in [6.45, 7) is 3.96. The van der Waals surface area contributed by atoms with Crippen molar-refractivity contribution in [2.24, 2.45) is 0 Å². The van der Waals surface area contributed by atoms with Crippen molar-refractivity contribution in [2.75, 3.05) is 6.54 Å². The lowest BCUT2D eigenvalue weighted by molar-refractivity contribution is -0.146. The molecule has 1 fully saturated rings. The maximum Gasteiger partial charge on any atom is 0.266 e. The largest absolute Gasteiger partial charge is 0.478 e. The summed E-state index contributed by atoms with van der Waals surface area (Å²) in [5.41, 5.74) is -0.354. The minimum atomic E-state index is -1.14. The fraction of sp³-hybridized carbons (Fsp3) is 0.333. The van der Waals surface area contributed by atoms with E-state index in [9.17, 15) is 13.6 Å². The number of amides is 1. The molecule has 0 radical (unpaired) electrons. The third kappa shape index (κ3) is 4.76. The molecule has 3 aromatic rings. The second kappa shape index (κ2) is 8.49. The zero-order chi connectivity index (χ0) is 22.0. The summed E-state index contributed by atoms with van der Waals surface area (Å²) in [4.78, 5) is 19.4. The van der Waals surface area contributed by atoms with E-state index in [1.54, 1.807) is 31.0 Å². The smallest absolute Gasteiger partial charge is 0.266 e. The van der Waals surface area contributed by atoms with Crippen LogP contribution in [0.1, 0.15) is 49.9 Å². The average Bonchev–Trinajstić information content (AvgIpc) is 3.38. The van der Waals surface area contributed by atoms with Crippen molar-refractivity contribution in [3.8, 4) is 5.75 Å². The molecule has 0 N–H and O–H groups in total. The summed E-state index contributed by atoms with van der Waals surface area (Å²) in [5, 5.41) is 0. The Morgan fingerprint density at radius 2 is 1.97 bits per heavy atom. The summed E-state index contributed by atoms with van der Waals surface area (Å²) in [7, 11) is 0. The van der Waals surface area contributed by atoms with E-state index >= 15 is 0 Å². The van der Waals surface area contributed by atoms with Crippen LogP contribution in [0.5, 0.6) is 5.75 Å². The molecule has 1 aromatic heterocycles. The fourth-order valence-corrected chi connectivity index (χ4v) is 3.86. The number of hydrogen-bond acceptors (Lipinski definition) is 4. The zero-order valence-electron chi connectivity index (χ0n) is 17.5. The van der Waals surface area contributed by atoms with Gasteiger partial charge in [-0.15, -0.1) is 0 Å². The first kappa shape index (κ1) is 21.0. The summed E-state index contributed by atoms with van der Waals surface area (Å²) in [6.07, 6.45) is 3.61. The molecule has 162 valence electrons. The Labute approximate surface area is 179 Å².